The molecule has 144 valence electrons. The first-order valence-electron chi connectivity index (χ1n) is 9.10. The van der Waals surface area contributed by atoms with Gasteiger partial charge in [0.1, 0.15) is 5.75 Å². The molecule has 0 spiro atoms. The number of amides is 2. The van der Waals surface area contributed by atoms with Gasteiger partial charge in [-0.2, -0.15) is 0 Å². The van der Waals surface area contributed by atoms with E-state index in [4.69, 9.17) is 4.74 Å². The van der Waals surface area contributed by atoms with Crippen molar-refractivity contribution in [3.63, 3.8) is 0 Å². The van der Waals surface area contributed by atoms with Crippen LogP contribution in [0.4, 0.5) is 5.69 Å². The van der Waals surface area contributed by atoms with Crippen molar-refractivity contribution < 1.29 is 14.3 Å². The number of rotatable bonds is 7. The summed E-state index contributed by atoms with van der Waals surface area (Å²) in [6, 6.07) is 13.5. The third kappa shape index (κ3) is 6.13. The van der Waals surface area contributed by atoms with Gasteiger partial charge in [-0.1, -0.05) is 38.1 Å². The summed E-state index contributed by atoms with van der Waals surface area (Å²) < 4.78 is 5.72. The van der Waals surface area contributed by atoms with E-state index >= 15 is 0 Å². The molecule has 2 amide bonds. The molecule has 0 saturated heterocycles. The van der Waals surface area contributed by atoms with Gasteiger partial charge in [0.25, 0.3) is 5.91 Å². The number of nitrogens with one attached hydrogen (secondary N) is 1. The Morgan fingerprint density at radius 1 is 1.15 bits per heavy atom. The highest BCUT2D eigenvalue weighted by Crippen LogP contribution is 2.24. The number of nitrogens with zero attached hydrogens (tertiary/aromatic N) is 1. The minimum atomic E-state index is -0.221. The quantitative estimate of drug-likeness (QED) is 0.800. The Hall–Kier alpha value is -2.82. The lowest BCUT2D eigenvalue weighted by Gasteiger charge is -2.16. The number of carbonyl (C=O) groups is 2. The van der Waals surface area contributed by atoms with Crippen LogP contribution in [-0.4, -0.2) is 30.4 Å². The summed E-state index contributed by atoms with van der Waals surface area (Å²) in [5.74, 6) is 0.907. The fraction of sp³-hybridized carbons (Fsp3) is 0.364. The maximum Gasteiger partial charge on any atom is 0.262 e. The van der Waals surface area contributed by atoms with E-state index in [1.165, 1.54) is 12.5 Å². The van der Waals surface area contributed by atoms with Gasteiger partial charge in [0.2, 0.25) is 5.91 Å². The second kappa shape index (κ2) is 9.21. The van der Waals surface area contributed by atoms with E-state index in [1.54, 1.807) is 11.9 Å². The number of hydrogen-bond donors (Lipinski definition) is 1. The predicted octanol–water partition coefficient (Wildman–Crippen LogP) is 4.11. The SMILES string of the molecule is CC(=O)N(C)Cc1cccc(NC(=O)COc2cc(C(C)C)ccc2C)c1. The molecule has 1 N–H and O–H groups in total. The number of carbonyl (C=O) groups excluding carboxylic acids is 2. The van der Waals surface area contributed by atoms with E-state index in [2.05, 4.69) is 25.2 Å². The van der Waals surface area contributed by atoms with Gasteiger partial charge < -0.3 is 15.0 Å². The van der Waals surface area contributed by atoms with Crippen molar-refractivity contribution in [1.82, 2.24) is 4.90 Å². The maximum atomic E-state index is 12.3. The highest BCUT2D eigenvalue weighted by atomic mass is 16.5. The van der Waals surface area contributed by atoms with Crippen LogP contribution >= 0.6 is 0 Å². The molecule has 0 atom stereocenters. The van der Waals surface area contributed by atoms with Crippen molar-refractivity contribution in [3.05, 3.63) is 59.2 Å². The fourth-order valence-corrected chi connectivity index (χ4v) is 2.60. The Balaban J connectivity index is 1.96. The average Bonchev–Trinajstić information content (AvgIpc) is 2.61. The highest BCUT2D eigenvalue weighted by molar-refractivity contribution is 5.92. The molecule has 27 heavy (non-hydrogen) atoms. The molecule has 0 aliphatic carbocycles. The first kappa shape index (κ1) is 20.5. The van der Waals surface area contributed by atoms with Crippen molar-refractivity contribution >= 4 is 17.5 Å². The predicted molar refractivity (Wildman–Crippen MR) is 108 cm³/mol. The van der Waals surface area contributed by atoms with Gasteiger partial charge in [-0.25, -0.2) is 0 Å². The summed E-state index contributed by atoms with van der Waals surface area (Å²) in [4.78, 5) is 25.2. The summed E-state index contributed by atoms with van der Waals surface area (Å²) in [6.45, 7) is 8.18. The van der Waals surface area contributed by atoms with Gasteiger partial charge in [0.15, 0.2) is 6.61 Å². The molecular weight excluding hydrogens is 340 g/mol. The third-order valence-electron chi connectivity index (χ3n) is 4.41. The zero-order valence-corrected chi connectivity index (χ0v) is 16.7. The van der Waals surface area contributed by atoms with Crippen molar-refractivity contribution in [2.24, 2.45) is 0 Å². The molecule has 0 aromatic heterocycles. The number of anilines is 1. The molecule has 5 heteroatoms. The van der Waals surface area contributed by atoms with Crippen LogP contribution in [-0.2, 0) is 16.1 Å². The molecule has 0 saturated carbocycles. The first-order valence-corrected chi connectivity index (χ1v) is 9.10. The summed E-state index contributed by atoms with van der Waals surface area (Å²) in [7, 11) is 1.75. The number of ether oxygens (including phenoxy) is 1. The van der Waals surface area contributed by atoms with Crippen LogP contribution in [0.5, 0.6) is 5.75 Å². The van der Waals surface area contributed by atoms with Crippen LogP contribution in [0.1, 0.15) is 43.4 Å². The Bertz CT molecular complexity index is 815. The summed E-state index contributed by atoms with van der Waals surface area (Å²) in [6.07, 6.45) is 0. The van der Waals surface area contributed by atoms with Crippen LogP contribution in [0, 0.1) is 6.92 Å². The molecule has 5 nitrogen and oxygen atoms in total. The number of aryl methyl sites for hydroxylation is 1. The Morgan fingerprint density at radius 3 is 2.56 bits per heavy atom. The molecule has 2 aromatic carbocycles. The minimum absolute atomic E-state index is 0.00293. The molecule has 0 fully saturated rings. The zero-order valence-electron chi connectivity index (χ0n) is 16.7. The molecule has 0 heterocycles. The molecule has 0 aliphatic heterocycles. The van der Waals surface area contributed by atoms with Gasteiger partial charge in [0.05, 0.1) is 0 Å². The number of hydrogen-bond acceptors (Lipinski definition) is 3. The molecule has 2 aromatic rings. The first-order chi connectivity index (χ1) is 12.8. The molecule has 0 bridgehead atoms. The zero-order chi connectivity index (χ0) is 20.0. The lowest BCUT2D eigenvalue weighted by Crippen LogP contribution is -2.23. The number of benzene rings is 2. The van der Waals surface area contributed by atoms with Crippen molar-refractivity contribution in [2.45, 2.75) is 40.2 Å². The van der Waals surface area contributed by atoms with E-state index in [1.807, 2.05) is 43.3 Å². The van der Waals surface area contributed by atoms with E-state index in [0.29, 0.717) is 18.2 Å². The Kier molecular flexibility index (Phi) is 6.99. The van der Waals surface area contributed by atoms with Crippen LogP contribution in [0.15, 0.2) is 42.5 Å². The van der Waals surface area contributed by atoms with Crippen molar-refractivity contribution in [1.29, 1.82) is 0 Å². The highest BCUT2D eigenvalue weighted by Gasteiger charge is 2.09. The second-order valence-electron chi connectivity index (χ2n) is 7.09. The minimum Gasteiger partial charge on any atom is -0.483 e. The van der Waals surface area contributed by atoms with E-state index in [0.717, 1.165) is 16.9 Å². The molecule has 2 rings (SSSR count). The Labute approximate surface area is 161 Å². The lowest BCUT2D eigenvalue weighted by atomic mass is 10.0. The van der Waals surface area contributed by atoms with E-state index in [-0.39, 0.29) is 18.4 Å². The second-order valence-corrected chi connectivity index (χ2v) is 7.09. The molecule has 0 unspecified atom stereocenters. The molecule has 0 aliphatic rings. The van der Waals surface area contributed by atoms with Crippen LogP contribution in [0.25, 0.3) is 0 Å². The lowest BCUT2D eigenvalue weighted by molar-refractivity contribution is -0.128. The normalized spacial score (nSPS) is 10.6. The molecule has 0 radical (unpaired) electrons. The largest absolute Gasteiger partial charge is 0.483 e. The average molecular weight is 368 g/mol. The van der Waals surface area contributed by atoms with Gasteiger partial charge in [0, 0.05) is 26.2 Å². The van der Waals surface area contributed by atoms with Crippen molar-refractivity contribution in [3.8, 4) is 5.75 Å². The fourth-order valence-electron chi connectivity index (χ4n) is 2.60. The van der Waals surface area contributed by atoms with E-state index < -0.39 is 0 Å². The van der Waals surface area contributed by atoms with Crippen LogP contribution in [0.3, 0.4) is 0 Å². The van der Waals surface area contributed by atoms with Crippen LogP contribution in [0.2, 0.25) is 0 Å². The van der Waals surface area contributed by atoms with Gasteiger partial charge in [-0.3, -0.25) is 9.59 Å². The summed E-state index contributed by atoms with van der Waals surface area (Å²) in [5.41, 5.74) is 3.82. The third-order valence-corrected chi connectivity index (χ3v) is 4.41. The molecular formula is C22H28N2O3. The van der Waals surface area contributed by atoms with E-state index in [9.17, 15) is 9.59 Å². The van der Waals surface area contributed by atoms with Gasteiger partial charge in [-0.05, 0) is 47.7 Å². The van der Waals surface area contributed by atoms with Crippen LogP contribution < -0.4 is 10.1 Å². The smallest absolute Gasteiger partial charge is 0.262 e. The topological polar surface area (TPSA) is 58.6 Å². The summed E-state index contributed by atoms with van der Waals surface area (Å²) in [5, 5.41) is 2.84. The summed E-state index contributed by atoms with van der Waals surface area (Å²) >= 11 is 0. The monoisotopic (exact) mass is 368 g/mol. The van der Waals surface area contributed by atoms with Gasteiger partial charge >= 0.3 is 0 Å². The van der Waals surface area contributed by atoms with Gasteiger partial charge in [-0.15, -0.1) is 0 Å². The Morgan fingerprint density at radius 2 is 1.89 bits per heavy atom. The van der Waals surface area contributed by atoms with Crippen molar-refractivity contribution in [2.75, 3.05) is 19.0 Å². The standard InChI is InChI=1S/C22H28N2O3/c1-15(2)19-10-9-16(3)21(12-19)27-14-22(26)23-20-8-6-7-18(11-20)13-24(5)17(4)25/h6-12,15H,13-14H2,1-5H3,(H,23,26). The maximum absolute atomic E-state index is 12.3.